The van der Waals surface area contributed by atoms with Crippen LogP contribution in [0.25, 0.3) is 0 Å². The van der Waals surface area contributed by atoms with Crippen LogP contribution in [-0.2, 0) is 0 Å². The maximum absolute atomic E-state index is 9.47. The van der Waals surface area contributed by atoms with E-state index in [-0.39, 0.29) is 12.7 Å². The highest BCUT2D eigenvalue weighted by molar-refractivity contribution is 6.60. The minimum Gasteiger partial charge on any atom is -0.454 e. The Morgan fingerprint density at radius 1 is 1.41 bits per heavy atom. The van der Waals surface area contributed by atoms with Crippen LogP contribution in [0.5, 0.6) is 11.5 Å². The number of fused-ring (bicyclic) bond motifs is 1. The van der Waals surface area contributed by atoms with E-state index < -0.39 is 7.12 Å². The zero-order chi connectivity index (χ0) is 12.4. The molecule has 0 spiro atoms. The van der Waals surface area contributed by atoms with Gasteiger partial charge in [-0.3, -0.25) is 0 Å². The quantitative estimate of drug-likeness (QED) is 0.617. The predicted octanol–water partition coefficient (Wildman–Crippen LogP) is -0.453. The normalized spacial score (nSPS) is 14.8. The molecule has 0 radical (unpaired) electrons. The third kappa shape index (κ3) is 2.24. The van der Waals surface area contributed by atoms with Crippen LogP contribution in [0, 0.1) is 0 Å². The van der Waals surface area contributed by atoms with Gasteiger partial charge in [0.25, 0.3) is 0 Å². The fraction of sp³-hybridized carbons (Fsp3) is 0.455. The summed E-state index contributed by atoms with van der Waals surface area (Å²) in [5, 5.41) is 18.9. The maximum Gasteiger partial charge on any atom is 0.492 e. The predicted molar refractivity (Wildman–Crippen MR) is 64.5 cm³/mol. The smallest absolute Gasteiger partial charge is 0.454 e. The molecule has 5 nitrogen and oxygen atoms in total. The van der Waals surface area contributed by atoms with Gasteiger partial charge in [0.1, 0.15) is 0 Å². The summed E-state index contributed by atoms with van der Waals surface area (Å²) < 4.78 is 10.5. The van der Waals surface area contributed by atoms with E-state index in [1.807, 2.05) is 13.0 Å². The Kier molecular flexibility index (Phi) is 3.56. The van der Waals surface area contributed by atoms with Crippen LogP contribution in [0.15, 0.2) is 12.1 Å². The fourth-order valence-electron chi connectivity index (χ4n) is 2.11. The van der Waals surface area contributed by atoms with Gasteiger partial charge in [0.15, 0.2) is 11.5 Å². The summed E-state index contributed by atoms with van der Waals surface area (Å²) >= 11 is 0. The second-order valence-corrected chi connectivity index (χ2v) is 4.15. The van der Waals surface area contributed by atoms with Crippen molar-refractivity contribution in [2.24, 2.45) is 5.73 Å². The number of rotatable bonds is 4. The summed E-state index contributed by atoms with van der Waals surface area (Å²) in [6.45, 7) is 2.66. The number of hydrogen-bond acceptors (Lipinski definition) is 5. The third-order valence-corrected chi connectivity index (χ3v) is 3.00. The Morgan fingerprint density at radius 2 is 2.18 bits per heavy atom. The van der Waals surface area contributed by atoms with Gasteiger partial charge in [-0.2, -0.15) is 0 Å². The summed E-state index contributed by atoms with van der Waals surface area (Å²) in [6, 6.07) is 3.62. The molecule has 0 bridgehead atoms. The summed E-state index contributed by atoms with van der Waals surface area (Å²) in [7, 11) is -1.57. The SMILES string of the molecule is CC(CCN)c1ccc2c(c1B(O)O)OCO2. The van der Waals surface area contributed by atoms with Gasteiger partial charge in [-0.15, -0.1) is 0 Å². The molecular formula is C11H16BNO4. The Balaban J connectivity index is 2.45. The largest absolute Gasteiger partial charge is 0.492 e. The summed E-state index contributed by atoms with van der Waals surface area (Å²) in [5.74, 6) is 1.13. The molecule has 2 rings (SSSR count). The highest BCUT2D eigenvalue weighted by atomic mass is 16.7. The molecule has 1 aromatic rings. The van der Waals surface area contributed by atoms with E-state index in [1.54, 1.807) is 6.07 Å². The van der Waals surface area contributed by atoms with E-state index in [2.05, 4.69) is 0 Å². The molecule has 92 valence electrons. The van der Waals surface area contributed by atoms with Gasteiger partial charge < -0.3 is 25.3 Å². The number of benzene rings is 1. The van der Waals surface area contributed by atoms with E-state index in [9.17, 15) is 10.0 Å². The number of ether oxygens (including phenoxy) is 2. The average molecular weight is 237 g/mol. The van der Waals surface area contributed by atoms with Gasteiger partial charge in [0, 0.05) is 5.46 Å². The highest BCUT2D eigenvalue weighted by Crippen LogP contribution is 2.33. The minimum atomic E-state index is -1.57. The maximum atomic E-state index is 9.47. The molecule has 0 aromatic heterocycles. The van der Waals surface area contributed by atoms with Gasteiger partial charge in [-0.1, -0.05) is 13.0 Å². The Labute approximate surface area is 100 Å². The van der Waals surface area contributed by atoms with Crippen molar-refractivity contribution in [3.05, 3.63) is 17.7 Å². The van der Waals surface area contributed by atoms with Crippen LogP contribution in [-0.4, -0.2) is 30.5 Å². The van der Waals surface area contributed by atoms with Crippen LogP contribution in [0.2, 0.25) is 0 Å². The zero-order valence-corrected chi connectivity index (χ0v) is 9.72. The van der Waals surface area contributed by atoms with E-state index >= 15 is 0 Å². The van der Waals surface area contributed by atoms with Crippen molar-refractivity contribution in [3.8, 4) is 11.5 Å². The number of hydrogen-bond donors (Lipinski definition) is 3. The lowest BCUT2D eigenvalue weighted by atomic mass is 9.73. The van der Waals surface area contributed by atoms with Gasteiger partial charge >= 0.3 is 7.12 Å². The topological polar surface area (TPSA) is 84.9 Å². The van der Waals surface area contributed by atoms with Crippen LogP contribution >= 0.6 is 0 Å². The first kappa shape index (κ1) is 12.2. The Hall–Kier alpha value is -1.24. The molecule has 6 heteroatoms. The fourth-order valence-corrected chi connectivity index (χ4v) is 2.11. The molecule has 0 amide bonds. The molecule has 0 saturated heterocycles. The molecule has 1 heterocycles. The van der Waals surface area contributed by atoms with Crippen molar-refractivity contribution in [2.75, 3.05) is 13.3 Å². The molecule has 1 aliphatic heterocycles. The van der Waals surface area contributed by atoms with Crippen molar-refractivity contribution in [1.29, 1.82) is 0 Å². The van der Waals surface area contributed by atoms with E-state index in [1.165, 1.54) is 0 Å². The standard InChI is InChI=1S/C11H16BNO4/c1-7(4-5-13)8-2-3-9-11(17-6-16-9)10(8)12(14)15/h2-3,7,14-15H,4-6,13H2,1H3. The van der Waals surface area contributed by atoms with E-state index in [4.69, 9.17) is 15.2 Å². The van der Waals surface area contributed by atoms with E-state index in [0.29, 0.717) is 23.5 Å². The van der Waals surface area contributed by atoms with Gasteiger partial charge in [0.05, 0.1) is 0 Å². The molecule has 17 heavy (non-hydrogen) atoms. The number of nitrogens with two attached hydrogens (primary N) is 1. The molecule has 0 fully saturated rings. The summed E-state index contributed by atoms with van der Waals surface area (Å²) in [4.78, 5) is 0. The van der Waals surface area contributed by atoms with Crippen LogP contribution in [0.3, 0.4) is 0 Å². The molecule has 0 aliphatic carbocycles. The van der Waals surface area contributed by atoms with Crippen molar-refractivity contribution in [2.45, 2.75) is 19.3 Å². The second kappa shape index (κ2) is 4.95. The van der Waals surface area contributed by atoms with Crippen molar-refractivity contribution in [3.63, 3.8) is 0 Å². The molecule has 1 unspecified atom stereocenters. The first-order chi connectivity index (χ1) is 8.15. The molecule has 1 atom stereocenters. The van der Waals surface area contributed by atoms with E-state index in [0.717, 1.165) is 12.0 Å². The monoisotopic (exact) mass is 237 g/mol. The van der Waals surface area contributed by atoms with Gasteiger partial charge in [0.2, 0.25) is 6.79 Å². The first-order valence-corrected chi connectivity index (χ1v) is 5.63. The van der Waals surface area contributed by atoms with Gasteiger partial charge in [-0.25, -0.2) is 0 Å². The summed E-state index contributed by atoms with van der Waals surface area (Å²) in [5.41, 5.74) is 6.76. The third-order valence-electron chi connectivity index (χ3n) is 3.00. The summed E-state index contributed by atoms with van der Waals surface area (Å²) in [6.07, 6.45) is 0.777. The lowest BCUT2D eigenvalue weighted by Crippen LogP contribution is -2.35. The van der Waals surface area contributed by atoms with Crippen molar-refractivity contribution < 1.29 is 19.5 Å². The average Bonchev–Trinajstić information content (AvgIpc) is 2.75. The second-order valence-electron chi connectivity index (χ2n) is 4.15. The molecular weight excluding hydrogens is 221 g/mol. The van der Waals surface area contributed by atoms with Crippen LogP contribution in [0.4, 0.5) is 0 Å². The van der Waals surface area contributed by atoms with Crippen molar-refractivity contribution >= 4 is 12.6 Å². The van der Waals surface area contributed by atoms with Gasteiger partial charge in [-0.05, 0) is 30.5 Å². The zero-order valence-electron chi connectivity index (χ0n) is 9.72. The first-order valence-electron chi connectivity index (χ1n) is 5.63. The molecule has 1 aliphatic rings. The molecule has 0 saturated carbocycles. The van der Waals surface area contributed by atoms with Crippen LogP contribution < -0.4 is 20.7 Å². The lowest BCUT2D eigenvalue weighted by molar-refractivity contribution is 0.174. The molecule has 4 N–H and O–H groups in total. The minimum absolute atomic E-state index is 0.115. The Bertz CT molecular complexity index is 411. The van der Waals surface area contributed by atoms with Crippen LogP contribution in [0.1, 0.15) is 24.8 Å². The Morgan fingerprint density at radius 3 is 2.82 bits per heavy atom. The lowest BCUT2D eigenvalue weighted by Gasteiger charge is -2.17. The molecule has 1 aromatic carbocycles. The van der Waals surface area contributed by atoms with Crippen molar-refractivity contribution in [1.82, 2.24) is 0 Å². The highest BCUT2D eigenvalue weighted by Gasteiger charge is 2.29.